The lowest BCUT2D eigenvalue weighted by molar-refractivity contribution is -0.138. The van der Waals surface area contributed by atoms with E-state index in [0.29, 0.717) is 52.7 Å². The number of alkyl halides is 3. The second-order valence-corrected chi connectivity index (χ2v) is 9.83. The van der Waals surface area contributed by atoms with Crippen molar-refractivity contribution in [1.82, 2.24) is 15.2 Å². The molecular weight excluding hydrogens is 511 g/mol. The molecule has 4 aromatic rings. The van der Waals surface area contributed by atoms with Gasteiger partial charge < -0.3 is 14.6 Å². The van der Waals surface area contributed by atoms with Crippen LogP contribution in [0.3, 0.4) is 0 Å². The molecule has 0 radical (unpaired) electrons. The number of aliphatic carboxylic acids is 1. The van der Waals surface area contributed by atoms with Crippen LogP contribution in [0.25, 0.3) is 22.5 Å². The van der Waals surface area contributed by atoms with Gasteiger partial charge in [-0.15, -0.1) is 0 Å². The van der Waals surface area contributed by atoms with E-state index in [1.165, 1.54) is 6.07 Å². The summed E-state index contributed by atoms with van der Waals surface area (Å²) in [5, 5.41) is 16.0. The van der Waals surface area contributed by atoms with E-state index in [2.05, 4.69) is 15.2 Å². The first-order chi connectivity index (χ1) is 18.7. The molecule has 7 nitrogen and oxygen atoms in total. The zero-order valence-electron chi connectivity index (χ0n) is 20.9. The SMILES string of the molecule is Cc1nc(-c2ccc(-c3c(C(F)(F)F)ccc4c3CCC4Oc3ccc4c(c3)OCC4CC(=O)O)cc2)n[nH]1. The zero-order valence-corrected chi connectivity index (χ0v) is 20.9. The number of nitrogens with one attached hydrogen (secondary N) is 1. The highest BCUT2D eigenvalue weighted by atomic mass is 19.4. The molecule has 3 aromatic carbocycles. The van der Waals surface area contributed by atoms with Crippen molar-refractivity contribution in [2.24, 2.45) is 0 Å². The molecular formula is C29H24F3N3O4. The number of H-pyrrole nitrogens is 1. The van der Waals surface area contributed by atoms with Crippen LogP contribution in [-0.4, -0.2) is 32.9 Å². The Hall–Kier alpha value is -4.34. The molecule has 2 unspecified atom stereocenters. The zero-order chi connectivity index (χ0) is 27.3. The quantitative estimate of drug-likeness (QED) is 0.293. The van der Waals surface area contributed by atoms with E-state index in [1.54, 1.807) is 49.4 Å². The van der Waals surface area contributed by atoms with Crippen molar-refractivity contribution in [3.8, 4) is 34.0 Å². The van der Waals surface area contributed by atoms with Gasteiger partial charge in [0.1, 0.15) is 23.4 Å². The van der Waals surface area contributed by atoms with Gasteiger partial charge in [0.25, 0.3) is 0 Å². The van der Waals surface area contributed by atoms with Crippen LogP contribution in [0.15, 0.2) is 54.6 Å². The summed E-state index contributed by atoms with van der Waals surface area (Å²) < 4.78 is 54.3. The molecule has 0 amide bonds. The Morgan fingerprint density at radius 3 is 2.54 bits per heavy atom. The maximum atomic E-state index is 14.1. The minimum absolute atomic E-state index is 0.0215. The van der Waals surface area contributed by atoms with Gasteiger partial charge in [0.05, 0.1) is 18.6 Å². The number of aryl methyl sites for hydroxylation is 1. The van der Waals surface area contributed by atoms with Gasteiger partial charge in [0.15, 0.2) is 5.82 Å². The number of ether oxygens (including phenoxy) is 2. The number of halogens is 3. The molecule has 2 N–H and O–H groups in total. The average molecular weight is 536 g/mol. The number of carboxylic acids is 1. The van der Waals surface area contributed by atoms with Crippen LogP contribution in [0.2, 0.25) is 0 Å². The molecule has 10 heteroatoms. The smallest absolute Gasteiger partial charge is 0.417 e. The lowest BCUT2D eigenvalue weighted by Crippen LogP contribution is -2.10. The molecule has 2 aliphatic rings. The topological polar surface area (TPSA) is 97.3 Å². The van der Waals surface area contributed by atoms with E-state index in [9.17, 15) is 18.0 Å². The highest BCUT2D eigenvalue weighted by Gasteiger charge is 2.38. The summed E-state index contributed by atoms with van der Waals surface area (Å²) in [5.41, 5.74) is 2.81. The van der Waals surface area contributed by atoms with Crippen molar-refractivity contribution in [3.63, 3.8) is 0 Å². The first-order valence-corrected chi connectivity index (χ1v) is 12.6. The van der Waals surface area contributed by atoms with E-state index < -0.39 is 23.8 Å². The molecule has 0 fully saturated rings. The predicted molar refractivity (Wildman–Crippen MR) is 136 cm³/mol. The standard InChI is InChI=1S/C29H24F3N3O4/c1-15-33-28(35-34-15)17-4-2-16(3-5-17)27-22-9-11-24(21(22)8-10-23(27)29(30,31)32)39-19-6-7-20-18(12-26(36)37)14-38-25(20)13-19/h2-8,10,13,18,24H,9,11-12,14H2,1H3,(H,36,37)(H,33,34,35). The molecule has 1 aromatic heterocycles. The van der Waals surface area contributed by atoms with E-state index in [1.807, 2.05) is 0 Å². The Labute approximate surface area is 221 Å². The van der Waals surface area contributed by atoms with E-state index in [0.717, 1.165) is 17.2 Å². The fourth-order valence-electron chi connectivity index (χ4n) is 5.49. The van der Waals surface area contributed by atoms with Gasteiger partial charge in [0, 0.05) is 23.1 Å². The van der Waals surface area contributed by atoms with E-state index in [4.69, 9.17) is 14.6 Å². The number of nitrogens with zero attached hydrogens (tertiary/aromatic N) is 2. The lowest BCUT2D eigenvalue weighted by Gasteiger charge is -2.20. The van der Waals surface area contributed by atoms with Crippen molar-refractivity contribution in [2.75, 3.05) is 6.61 Å². The molecule has 6 rings (SSSR count). The highest BCUT2D eigenvalue weighted by Crippen LogP contribution is 2.47. The van der Waals surface area contributed by atoms with Crippen molar-refractivity contribution >= 4 is 5.97 Å². The Bertz CT molecular complexity index is 1560. The normalized spacial score (nSPS) is 17.9. The summed E-state index contributed by atoms with van der Waals surface area (Å²) in [6.45, 7) is 2.06. The van der Waals surface area contributed by atoms with Gasteiger partial charge in [-0.25, -0.2) is 4.98 Å². The van der Waals surface area contributed by atoms with Crippen molar-refractivity contribution in [3.05, 3.63) is 82.7 Å². The van der Waals surface area contributed by atoms with Gasteiger partial charge in [-0.3, -0.25) is 9.89 Å². The summed E-state index contributed by atoms with van der Waals surface area (Å²) in [4.78, 5) is 15.4. The Morgan fingerprint density at radius 2 is 1.85 bits per heavy atom. The first kappa shape index (κ1) is 25.0. The molecule has 0 bridgehead atoms. The maximum Gasteiger partial charge on any atom is 0.417 e. The fourth-order valence-corrected chi connectivity index (χ4v) is 5.49. The predicted octanol–water partition coefficient (Wildman–Crippen LogP) is 6.48. The van der Waals surface area contributed by atoms with Crippen molar-refractivity contribution in [2.45, 2.75) is 44.4 Å². The molecule has 200 valence electrons. The number of aromatic nitrogens is 3. The van der Waals surface area contributed by atoms with Crippen LogP contribution >= 0.6 is 0 Å². The Morgan fingerprint density at radius 1 is 1.10 bits per heavy atom. The molecule has 39 heavy (non-hydrogen) atoms. The van der Waals surface area contributed by atoms with Gasteiger partial charge in [0.2, 0.25) is 0 Å². The molecule has 0 saturated carbocycles. The summed E-state index contributed by atoms with van der Waals surface area (Å²) in [6, 6.07) is 14.7. The van der Waals surface area contributed by atoms with Gasteiger partial charge >= 0.3 is 12.1 Å². The van der Waals surface area contributed by atoms with Crippen LogP contribution in [0.4, 0.5) is 13.2 Å². The van der Waals surface area contributed by atoms with Gasteiger partial charge in [-0.1, -0.05) is 36.4 Å². The van der Waals surface area contributed by atoms with Crippen LogP contribution in [0.1, 0.15) is 52.9 Å². The number of aromatic amines is 1. The third-order valence-electron chi connectivity index (χ3n) is 7.25. The molecule has 0 spiro atoms. The van der Waals surface area contributed by atoms with Crippen LogP contribution < -0.4 is 9.47 Å². The monoisotopic (exact) mass is 535 g/mol. The number of benzene rings is 3. The molecule has 2 heterocycles. The second-order valence-electron chi connectivity index (χ2n) is 9.83. The maximum absolute atomic E-state index is 14.1. The minimum Gasteiger partial charge on any atom is -0.492 e. The number of carboxylic acid groups (broad SMARTS) is 1. The molecule has 2 atom stereocenters. The number of rotatable bonds is 6. The lowest BCUT2D eigenvalue weighted by atomic mass is 9.91. The largest absolute Gasteiger partial charge is 0.492 e. The number of hydrogen-bond donors (Lipinski definition) is 2. The van der Waals surface area contributed by atoms with E-state index in [-0.39, 0.29) is 24.5 Å². The number of hydrogen-bond acceptors (Lipinski definition) is 5. The minimum atomic E-state index is -4.52. The summed E-state index contributed by atoms with van der Waals surface area (Å²) >= 11 is 0. The second kappa shape index (κ2) is 9.44. The average Bonchev–Trinajstić information content (AvgIpc) is 3.62. The molecule has 1 aliphatic heterocycles. The van der Waals surface area contributed by atoms with Gasteiger partial charge in [-0.2, -0.15) is 18.3 Å². The highest BCUT2D eigenvalue weighted by molar-refractivity contribution is 5.76. The van der Waals surface area contributed by atoms with E-state index >= 15 is 0 Å². The Balaban J connectivity index is 1.32. The summed E-state index contributed by atoms with van der Waals surface area (Å²) in [7, 11) is 0. The number of carbonyl (C=O) groups is 1. The fraction of sp³-hybridized carbons (Fsp3) is 0.276. The molecule has 1 aliphatic carbocycles. The van der Waals surface area contributed by atoms with Crippen LogP contribution in [-0.2, 0) is 17.4 Å². The summed E-state index contributed by atoms with van der Waals surface area (Å²) in [6.07, 6.45) is -4.01. The van der Waals surface area contributed by atoms with Crippen LogP contribution in [0, 0.1) is 6.92 Å². The van der Waals surface area contributed by atoms with Crippen LogP contribution in [0.5, 0.6) is 11.5 Å². The Kier molecular flexibility index (Phi) is 6.05. The van der Waals surface area contributed by atoms with Gasteiger partial charge in [-0.05, 0) is 54.2 Å². The van der Waals surface area contributed by atoms with Crippen molar-refractivity contribution in [1.29, 1.82) is 0 Å². The summed E-state index contributed by atoms with van der Waals surface area (Å²) in [5.74, 6) is 1.11. The third kappa shape index (κ3) is 4.71. The third-order valence-corrected chi connectivity index (χ3v) is 7.25. The first-order valence-electron chi connectivity index (χ1n) is 12.6. The van der Waals surface area contributed by atoms with Crippen molar-refractivity contribution < 1.29 is 32.5 Å². The number of fused-ring (bicyclic) bond motifs is 2. The molecule has 0 saturated heterocycles.